The summed E-state index contributed by atoms with van der Waals surface area (Å²) < 4.78 is 47.1. The number of ether oxygens (including phenoxy) is 1. The molecule has 1 aliphatic heterocycles. The number of aryl methyl sites for hydroxylation is 1. The van der Waals surface area contributed by atoms with Crippen LogP contribution in [0, 0.1) is 12.7 Å². The molecule has 1 N–H and O–H groups in total. The minimum absolute atomic E-state index is 0.0373. The van der Waals surface area contributed by atoms with Gasteiger partial charge < -0.3 is 9.64 Å². The highest BCUT2D eigenvalue weighted by molar-refractivity contribution is 7.92. The second kappa shape index (κ2) is 7.89. The van der Waals surface area contributed by atoms with Crippen molar-refractivity contribution < 1.29 is 22.3 Å². The van der Waals surface area contributed by atoms with E-state index in [1.54, 1.807) is 23.1 Å². The van der Waals surface area contributed by atoms with E-state index in [1.807, 2.05) is 13.8 Å². The number of carbonyl (C=O) groups is 1. The van der Waals surface area contributed by atoms with Gasteiger partial charge >= 0.3 is 0 Å². The highest BCUT2D eigenvalue weighted by Crippen LogP contribution is 2.25. The number of hydrogen-bond donors (Lipinski definition) is 1. The summed E-state index contributed by atoms with van der Waals surface area (Å²) in [6.45, 7) is 6.16. The molecular weight excluding hydrogens is 383 g/mol. The summed E-state index contributed by atoms with van der Waals surface area (Å²) in [6.07, 6.45) is -0.197. The van der Waals surface area contributed by atoms with Gasteiger partial charge in [0.1, 0.15) is 5.82 Å². The van der Waals surface area contributed by atoms with Crippen molar-refractivity contribution in [3.63, 3.8) is 0 Å². The number of hydrogen-bond acceptors (Lipinski definition) is 4. The van der Waals surface area contributed by atoms with Crippen LogP contribution in [0.4, 0.5) is 10.1 Å². The molecule has 1 aliphatic rings. The van der Waals surface area contributed by atoms with Crippen molar-refractivity contribution in [2.24, 2.45) is 0 Å². The monoisotopic (exact) mass is 406 g/mol. The Bertz CT molecular complexity index is 983. The van der Waals surface area contributed by atoms with Crippen molar-refractivity contribution in [3.05, 3.63) is 59.4 Å². The van der Waals surface area contributed by atoms with E-state index < -0.39 is 15.8 Å². The van der Waals surface area contributed by atoms with Crippen LogP contribution in [0.3, 0.4) is 0 Å². The van der Waals surface area contributed by atoms with E-state index >= 15 is 0 Å². The van der Waals surface area contributed by atoms with Gasteiger partial charge in [0.25, 0.3) is 15.9 Å². The molecule has 2 atom stereocenters. The first-order chi connectivity index (χ1) is 13.2. The van der Waals surface area contributed by atoms with Gasteiger partial charge in [-0.2, -0.15) is 0 Å². The summed E-state index contributed by atoms with van der Waals surface area (Å²) in [6, 6.07) is 9.91. The van der Waals surface area contributed by atoms with E-state index in [1.165, 1.54) is 19.1 Å². The van der Waals surface area contributed by atoms with E-state index in [2.05, 4.69) is 4.72 Å². The highest BCUT2D eigenvalue weighted by atomic mass is 32.2. The molecule has 0 bridgehead atoms. The molecule has 150 valence electrons. The van der Waals surface area contributed by atoms with Crippen molar-refractivity contribution in [2.45, 2.75) is 37.9 Å². The predicted octanol–water partition coefficient (Wildman–Crippen LogP) is 3.18. The normalized spacial score (nSPS) is 20.1. The molecule has 28 heavy (non-hydrogen) atoms. The molecule has 1 amide bonds. The summed E-state index contributed by atoms with van der Waals surface area (Å²) in [5.41, 5.74) is 0.724. The van der Waals surface area contributed by atoms with Crippen LogP contribution >= 0.6 is 0 Å². The molecule has 0 radical (unpaired) electrons. The van der Waals surface area contributed by atoms with Crippen LogP contribution in [0.5, 0.6) is 0 Å². The smallest absolute Gasteiger partial charge is 0.262 e. The standard InChI is InChI=1S/C20H23FN2O4S/c1-13-10-16(21)8-9-19(13)28(25,26)22-18-7-5-4-6-17(18)20(24)23-11-14(2)27-15(3)12-23/h4-10,14-15,22H,11-12H2,1-3H3. The lowest BCUT2D eigenvalue weighted by Crippen LogP contribution is -2.48. The van der Waals surface area contributed by atoms with E-state index in [-0.39, 0.29) is 39.8 Å². The van der Waals surface area contributed by atoms with Crippen LogP contribution in [0.25, 0.3) is 0 Å². The average Bonchev–Trinajstić information content (AvgIpc) is 2.60. The molecule has 1 fully saturated rings. The number of anilines is 1. The molecule has 1 heterocycles. The number of nitrogens with one attached hydrogen (secondary N) is 1. The van der Waals surface area contributed by atoms with Gasteiger partial charge in [-0.1, -0.05) is 12.1 Å². The number of amides is 1. The number of sulfonamides is 1. The van der Waals surface area contributed by atoms with Gasteiger partial charge in [0.15, 0.2) is 0 Å². The SMILES string of the molecule is Cc1cc(F)ccc1S(=O)(=O)Nc1ccccc1C(=O)N1CC(C)OC(C)C1. The van der Waals surface area contributed by atoms with Gasteiger partial charge in [-0.3, -0.25) is 9.52 Å². The van der Waals surface area contributed by atoms with Gasteiger partial charge in [0.2, 0.25) is 0 Å². The summed E-state index contributed by atoms with van der Waals surface area (Å²) in [5, 5.41) is 0. The second-order valence-electron chi connectivity index (χ2n) is 7.03. The average molecular weight is 406 g/mol. The molecule has 8 heteroatoms. The van der Waals surface area contributed by atoms with E-state index in [4.69, 9.17) is 4.74 Å². The quantitative estimate of drug-likeness (QED) is 0.846. The molecule has 2 aromatic carbocycles. The summed E-state index contributed by atoms with van der Waals surface area (Å²) in [5.74, 6) is -0.779. The first kappa shape index (κ1) is 20.3. The Morgan fingerprint density at radius 2 is 1.79 bits per heavy atom. The molecule has 2 aromatic rings. The third kappa shape index (κ3) is 4.34. The Hall–Kier alpha value is -2.45. The van der Waals surface area contributed by atoms with Crippen molar-refractivity contribution in [1.29, 1.82) is 0 Å². The minimum atomic E-state index is -3.98. The summed E-state index contributed by atoms with van der Waals surface area (Å²) in [7, 11) is -3.98. The van der Waals surface area contributed by atoms with Gasteiger partial charge in [-0.25, -0.2) is 12.8 Å². The van der Waals surface area contributed by atoms with Crippen LogP contribution in [0.15, 0.2) is 47.4 Å². The molecule has 0 saturated carbocycles. The zero-order valence-electron chi connectivity index (χ0n) is 16.0. The topological polar surface area (TPSA) is 75.7 Å². The third-order valence-electron chi connectivity index (χ3n) is 4.54. The second-order valence-corrected chi connectivity index (χ2v) is 8.68. The Balaban J connectivity index is 1.91. The fourth-order valence-corrected chi connectivity index (χ4v) is 4.69. The fourth-order valence-electron chi connectivity index (χ4n) is 3.39. The molecule has 3 rings (SSSR count). The maximum absolute atomic E-state index is 13.3. The number of benzene rings is 2. The lowest BCUT2D eigenvalue weighted by atomic mass is 10.1. The molecule has 1 saturated heterocycles. The van der Waals surface area contributed by atoms with Crippen LogP contribution in [0.1, 0.15) is 29.8 Å². The largest absolute Gasteiger partial charge is 0.372 e. The minimum Gasteiger partial charge on any atom is -0.372 e. The van der Waals surface area contributed by atoms with Crippen LogP contribution < -0.4 is 4.72 Å². The molecular formula is C20H23FN2O4S. The number of nitrogens with zero attached hydrogens (tertiary/aromatic N) is 1. The van der Waals surface area contributed by atoms with Gasteiger partial charge in [-0.15, -0.1) is 0 Å². The zero-order valence-corrected chi connectivity index (χ0v) is 16.8. The maximum atomic E-state index is 13.3. The van der Waals surface area contributed by atoms with Gasteiger partial charge in [-0.05, 0) is 56.7 Å². The molecule has 2 unspecified atom stereocenters. The number of carbonyl (C=O) groups excluding carboxylic acids is 1. The first-order valence-corrected chi connectivity index (χ1v) is 10.5. The summed E-state index contributed by atoms with van der Waals surface area (Å²) >= 11 is 0. The number of morpholine rings is 1. The first-order valence-electron chi connectivity index (χ1n) is 9.00. The van der Waals surface area contributed by atoms with Crippen molar-refractivity contribution in [1.82, 2.24) is 4.90 Å². The Morgan fingerprint density at radius 1 is 1.14 bits per heavy atom. The van der Waals surface area contributed by atoms with E-state index in [0.29, 0.717) is 13.1 Å². The zero-order chi connectivity index (χ0) is 20.5. The fraction of sp³-hybridized carbons (Fsp3) is 0.350. The van der Waals surface area contributed by atoms with Gasteiger partial charge in [0, 0.05) is 13.1 Å². The van der Waals surface area contributed by atoms with E-state index in [9.17, 15) is 17.6 Å². The van der Waals surface area contributed by atoms with Crippen LogP contribution in [-0.4, -0.2) is 44.5 Å². The molecule has 0 aliphatic carbocycles. The number of rotatable bonds is 4. The Labute approximate surface area is 164 Å². The van der Waals surface area contributed by atoms with Crippen LogP contribution in [-0.2, 0) is 14.8 Å². The van der Waals surface area contributed by atoms with Crippen molar-refractivity contribution in [3.8, 4) is 0 Å². The summed E-state index contributed by atoms with van der Waals surface area (Å²) in [4.78, 5) is 14.7. The van der Waals surface area contributed by atoms with Gasteiger partial charge in [0.05, 0.1) is 28.4 Å². The van der Waals surface area contributed by atoms with E-state index in [0.717, 1.165) is 12.1 Å². The Morgan fingerprint density at radius 3 is 2.43 bits per heavy atom. The Kier molecular flexibility index (Phi) is 5.71. The maximum Gasteiger partial charge on any atom is 0.262 e. The molecule has 0 spiro atoms. The van der Waals surface area contributed by atoms with Crippen LogP contribution in [0.2, 0.25) is 0 Å². The third-order valence-corrected chi connectivity index (χ3v) is 6.06. The molecule has 6 nitrogen and oxygen atoms in total. The number of para-hydroxylation sites is 1. The lowest BCUT2D eigenvalue weighted by Gasteiger charge is -2.35. The molecule has 0 aromatic heterocycles. The lowest BCUT2D eigenvalue weighted by molar-refractivity contribution is -0.0585. The number of halogens is 1. The predicted molar refractivity (Wildman–Crippen MR) is 104 cm³/mol. The highest BCUT2D eigenvalue weighted by Gasteiger charge is 2.28. The van der Waals surface area contributed by atoms with Crippen molar-refractivity contribution >= 4 is 21.6 Å². The van der Waals surface area contributed by atoms with Crippen molar-refractivity contribution in [2.75, 3.05) is 17.8 Å².